The highest BCUT2D eigenvalue weighted by Gasteiger charge is 2.24. The largest absolute Gasteiger partial charge is 0.0815 e. The summed E-state index contributed by atoms with van der Waals surface area (Å²) in [6, 6.07) is 32.7. The zero-order valence-electron chi connectivity index (χ0n) is 15.2. The average molecular weight is 336 g/mol. The van der Waals surface area contributed by atoms with Gasteiger partial charge in [-0.1, -0.05) is 108 Å². The van der Waals surface area contributed by atoms with Gasteiger partial charge in [0.15, 0.2) is 0 Å². The summed E-state index contributed by atoms with van der Waals surface area (Å²) < 4.78 is 0. The first-order valence-corrected chi connectivity index (χ1v) is 9.37. The topological polar surface area (TPSA) is 0 Å². The van der Waals surface area contributed by atoms with Crippen molar-refractivity contribution in [2.45, 2.75) is 25.7 Å². The van der Waals surface area contributed by atoms with Gasteiger partial charge in [-0.15, -0.1) is 0 Å². The Morgan fingerprint density at radius 3 is 1.73 bits per heavy atom. The Labute approximate surface area is 156 Å². The van der Waals surface area contributed by atoms with E-state index in [0.717, 1.165) is 12.8 Å². The molecule has 0 heteroatoms. The minimum absolute atomic E-state index is 0.441. The molecular weight excluding hydrogens is 312 g/mol. The molecule has 3 aromatic carbocycles. The van der Waals surface area contributed by atoms with Crippen molar-refractivity contribution in [1.82, 2.24) is 0 Å². The van der Waals surface area contributed by atoms with Gasteiger partial charge in [-0.3, -0.25) is 0 Å². The average Bonchev–Trinajstić information content (AvgIpc) is 2.71. The van der Waals surface area contributed by atoms with Gasteiger partial charge >= 0.3 is 0 Å². The molecule has 0 aromatic heterocycles. The molecule has 1 unspecified atom stereocenters. The number of hydrogen-bond donors (Lipinski definition) is 0. The lowest BCUT2D eigenvalue weighted by molar-refractivity contribution is 0.730. The lowest BCUT2D eigenvalue weighted by atomic mass is 9.75. The van der Waals surface area contributed by atoms with Crippen LogP contribution in [0.5, 0.6) is 0 Å². The van der Waals surface area contributed by atoms with Gasteiger partial charge in [-0.25, -0.2) is 0 Å². The number of allylic oxidation sites excluding steroid dienone is 3. The summed E-state index contributed by atoms with van der Waals surface area (Å²) in [5.41, 5.74) is 8.44. The molecule has 3 aromatic rings. The highest BCUT2D eigenvalue weighted by atomic mass is 14.3. The molecule has 0 N–H and O–H groups in total. The molecular formula is C26H24. The van der Waals surface area contributed by atoms with Crippen LogP contribution in [0.15, 0.2) is 108 Å². The van der Waals surface area contributed by atoms with Crippen LogP contribution in [0.25, 0.3) is 5.57 Å². The van der Waals surface area contributed by atoms with Gasteiger partial charge in [0.2, 0.25) is 0 Å². The van der Waals surface area contributed by atoms with Gasteiger partial charge in [0.25, 0.3) is 0 Å². The number of benzene rings is 3. The van der Waals surface area contributed by atoms with Crippen LogP contribution in [0.1, 0.15) is 42.4 Å². The fourth-order valence-corrected chi connectivity index (χ4v) is 3.98. The minimum Gasteiger partial charge on any atom is -0.0815 e. The lowest BCUT2D eigenvalue weighted by Crippen LogP contribution is -2.10. The van der Waals surface area contributed by atoms with Crippen molar-refractivity contribution in [2.24, 2.45) is 0 Å². The van der Waals surface area contributed by atoms with E-state index in [1.807, 2.05) is 0 Å². The molecule has 1 aliphatic carbocycles. The first-order valence-electron chi connectivity index (χ1n) is 9.37. The predicted octanol–water partition coefficient (Wildman–Crippen LogP) is 7.01. The second kappa shape index (κ2) is 7.58. The first kappa shape index (κ1) is 16.6. The highest BCUT2D eigenvalue weighted by Crippen LogP contribution is 2.43. The molecule has 26 heavy (non-hydrogen) atoms. The van der Waals surface area contributed by atoms with Gasteiger partial charge < -0.3 is 0 Å². The van der Waals surface area contributed by atoms with E-state index in [-0.39, 0.29) is 0 Å². The summed E-state index contributed by atoms with van der Waals surface area (Å²) in [7, 11) is 0. The molecule has 0 heterocycles. The van der Waals surface area contributed by atoms with Gasteiger partial charge in [0, 0.05) is 5.92 Å². The second-order valence-corrected chi connectivity index (χ2v) is 7.05. The molecule has 0 bridgehead atoms. The van der Waals surface area contributed by atoms with E-state index in [1.165, 1.54) is 33.4 Å². The lowest BCUT2D eigenvalue weighted by Gasteiger charge is -2.29. The van der Waals surface area contributed by atoms with Crippen LogP contribution in [0.2, 0.25) is 0 Å². The first-order chi connectivity index (χ1) is 12.8. The molecule has 0 amide bonds. The smallest absolute Gasteiger partial charge is 0.00977 e. The Morgan fingerprint density at radius 1 is 0.692 bits per heavy atom. The molecule has 0 saturated carbocycles. The highest BCUT2D eigenvalue weighted by molar-refractivity contribution is 5.83. The number of rotatable bonds is 3. The Morgan fingerprint density at radius 2 is 1.19 bits per heavy atom. The van der Waals surface area contributed by atoms with E-state index in [2.05, 4.69) is 104 Å². The van der Waals surface area contributed by atoms with Crippen molar-refractivity contribution in [2.75, 3.05) is 0 Å². The Kier molecular flexibility index (Phi) is 4.84. The Balaban J connectivity index is 1.95. The van der Waals surface area contributed by atoms with Crippen molar-refractivity contribution in [3.63, 3.8) is 0 Å². The van der Waals surface area contributed by atoms with Crippen molar-refractivity contribution in [1.29, 1.82) is 0 Å². The monoisotopic (exact) mass is 336 g/mol. The minimum atomic E-state index is 0.441. The van der Waals surface area contributed by atoms with E-state index in [9.17, 15) is 0 Å². The Hall–Kier alpha value is -2.86. The van der Waals surface area contributed by atoms with Crippen LogP contribution in [-0.2, 0) is 0 Å². The van der Waals surface area contributed by atoms with Gasteiger partial charge in [-0.05, 0) is 42.0 Å². The van der Waals surface area contributed by atoms with Gasteiger partial charge in [-0.2, -0.15) is 0 Å². The predicted molar refractivity (Wildman–Crippen MR) is 111 cm³/mol. The summed E-state index contributed by atoms with van der Waals surface area (Å²) in [5, 5.41) is 0. The van der Waals surface area contributed by atoms with Crippen LogP contribution in [0.3, 0.4) is 0 Å². The normalized spacial score (nSPS) is 16.9. The summed E-state index contributed by atoms with van der Waals surface area (Å²) in [4.78, 5) is 0. The van der Waals surface area contributed by atoms with E-state index in [4.69, 9.17) is 0 Å². The van der Waals surface area contributed by atoms with Crippen LogP contribution >= 0.6 is 0 Å². The SMILES string of the molecule is CC1=CCC(=C(c2ccccc2)c2ccccc2)C(c2ccccc2)C1. The second-order valence-electron chi connectivity index (χ2n) is 7.05. The number of hydrogen-bond acceptors (Lipinski definition) is 0. The van der Waals surface area contributed by atoms with Crippen molar-refractivity contribution < 1.29 is 0 Å². The van der Waals surface area contributed by atoms with Crippen LogP contribution in [0, 0.1) is 0 Å². The van der Waals surface area contributed by atoms with Gasteiger partial charge in [0.05, 0.1) is 0 Å². The zero-order valence-corrected chi connectivity index (χ0v) is 15.2. The van der Waals surface area contributed by atoms with E-state index in [1.54, 1.807) is 0 Å². The summed E-state index contributed by atoms with van der Waals surface area (Å²) in [6.45, 7) is 2.26. The third-order valence-corrected chi connectivity index (χ3v) is 5.27. The maximum absolute atomic E-state index is 2.40. The molecule has 0 spiro atoms. The molecule has 0 fully saturated rings. The molecule has 1 atom stereocenters. The Bertz CT molecular complexity index is 874. The van der Waals surface area contributed by atoms with Crippen molar-refractivity contribution >= 4 is 5.57 Å². The molecule has 0 radical (unpaired) electrons. The van der Waals surface area contributed by atoms with Gasteiger partial charge in [0.1, 0.15) is 0 Å². The quantitative estimate of drug-likeness (QED) is 0.451. The fraction of sp³-hybridized carbons (Fsp3) is 0.154. The van der Waals surface area contributed by atoms with Crippen LogP contribution < -0.4 is 0 Å². The maximum atomic E-state index is 2.40. The van der Waals surface area contributed by atoms with Crippen LogP contribution in [-0.4, -0.2) is 0 Å². The molecule has 4 rings (SSSR count). The van der Waals surface area contributed by atoms with E-state index < -0.39 is 0 Å². The molecule has 128 valence electrons. The molecule has 0 saturated heterocycles. The molecule has 0 aliphatic heterocycles. The maximum Gasteiger partial charge on any atom is 0.00977 e. The van der Waals surface area contributed by atoms with Crippen LogP contribution in [0.4, 0.5) is 0 Å². The summed E-state index contributed by atoms with van der Waals surface area (Å²) in [5.74, 6) is 0.441. The molecule has 0 nitrogen and oxygen atoms in total. The van der Waals surface area contributed by atoms with E-state index >= 15 is 0 Å². The third kappa shape index (κ3) is 3.41. The fourth-order valence-electron chi connectivity index (χ4n) is 3.98. The summed E-state index contributed by atoms with van der Waals surface area (Å²) in [6.07, 6.45) is 4.52. The molecule has 1 aliphatic rings. The van der Waals surface area contributed by atoms with Crippen molar-refractivity contribution in [3.8, 4) is 0 Å². The standard InChI is InChI=1S/C26H24/c1-20-17-18-24(25(19-20)21-11-5-2-6-12-21)26(22-13-7-3-8-14-22)23-15-9-4-10-16-23/h2-17,25H,18-19H2,1H3. The third-order valence-electron chi connectivity index (χ3n) is 5.27. The van der Waals surface area contributed by atoms with Crippen molar-refractivity contribution in [3.05, 3.63) is 125 Å². The zero-order chi connectivity index (χ0) is 17.8. The summed E-state index contributed by atoms with van der Waals surface area (Å²) >= 11 is 0. The van der Waals surface area contributed by atoms with E-state index in [0.29, 0.717) is 5.92 Å².